The number of benzene rings is 1. The Labute approximate surface area is 154 Å². The summed E-state index contributed by atoms with van der Waals surface area (Å²) in [5.74, 6) is 2.27. The molecular weight excluding hydrogens is 354 g/mol. The average molecular weight is 368 g/mol. The van der Waals surface area contributed by atoms with E-state index in [2.05, 4.69) is 35.6 Å². The summed E-state index contributed by atoms with van der Waals surface area (Å²) < 4.78 is 5.47. The van der Waals surface area contributed by atoms with E-state index in [0.717, 1.165) is 22.6 Å². The first-order chi connectivity index (χ1) is 12.7. The van der Waals surface area contributed by atoms with Crippen LogP contribution >= 0.6 is 11.6 Å². The SMILES string of the molecule is COc1cc2c(cc1Nc1cc(Nc3ncc(Cl)cn3)ncn1)C=NC2. The van der Waals surface area contributed by atoms with Gasteiger partial charge in [-0.3, -0.25) is 4.99 Å². The topological polar surface area (TPSA) is 97.2 Å². The number of nitrogens with one attached hydrogen (secondary N) is 2. The molecule has 3 heterocycles. The van der Waals surface area contributed by atoms with Gasteiger partial charge in [0.15, 0.2) is 0 Å². The van der Waals surface area contributed by atoms with Gasteiger partial charge in [-0.25, -0.2) is 19.9 Å². The van der Waals surface area contributed by atoms with Crippen LogP contribution in [0.4, 0.5) is 23.3 Å². The number of aromatic nitrogens is 4. The van der Waals surface area contributed by atoms with Crippen molar-refractivity contribution in [3.63, 3.8) is 0 Å². The average Bonchev–Trinajstić information content (AvgIpc) is 3.10. The Hall–Kier alpha value is -3.26. The van der Waals surface area contributed by atoms with Crippen molar-refractivity contribution in [2.75, 3.05) is 17.7 Å². The van der Waals surface area contributed by atoms with E-state index in [1.165, 1.54) is 18.7 Å². The van der Waals surface area contributed by atoms with E-state index >= 15 is 0 Å². The molecule has 3 aromatic rings. The van der Waals surface area contributed by atoms with E-state index in [4.69, 9.17) is 16.3 Å². The summed E-state index contributed by atoms with van der Waals surface area (Å²) in [7, 11) is 1.63. The van der Waals surface area contributed by atoms with Crippen LogP contribution in [0.1, 0.15) is 11.1 Å². The molecule has 0 saturated carbocycles. The minimum absolute atomic E-state index is 0.394. The summed E-state index contributed by atoms with van der Waals surface area (Å²) in [4.78, 5) is 20.9. The fourth-order valence-corrected chi connectivity index (χ4v) is 2.63. The van der Waals surface area contributed by atoms with Crippen molar-refractivity contribution in [1.82, 2.24) is 19.9 Å². The predicted octanol–water partition coefficient (Wildman–Crippen LogP) is 3.35. The fraction of sp³-hybridized carbons (Fsp3) is 0.118. The first-order valence-corrected chi connectivity index (χ1v) is 8.13. The summed E-state index contributed by atoms with van der Waals surface area (Å²) in [6, 6.07) is 5.72. The maximum Gasteiger partial charge on any atom is 0.228 e. The second kappa shape index (κ2) is 6.93. The quantitative estimate of drug-likeness (QED) is 0.713. The smallest absolute Gasteiger partial charge is 0.228 e. The van der Waals surface area contributed by atoms with Crippen molar-refractivity contribution < 1.29 is 4.74 Å². The molecule has 1 aliphatic heterocycles. The third-order valence-electron chi connectivity index (χ3n) is 3.74. The number of halogens is 1. The first-order valence-electron chi connectivity index (χ1n) is 7.75. The van der Waals surface area contributed by atoms with Gasteiger partial charge in [0, 0.05) is 12.3 Å². The molecule has 0 saturated heterocycles. The molecule has 0 radical (unpaired) electrons. The molecule has 0 amide bonds. The second-order valence-electron chi connectivity index (χ2n) is 5.48. The lowest BCUT2D eigenvalue weighted by atomic mass is 10.1. The zero-order chi connectivity index (χ0) is 17.9. The molecule has 130 valence electrons. The number of rotatable bonds is 5. The minimum atomic E-state index is 0.394. The Morgan fingerprint density at radius 3 is 2.54 bits per heavy atom. The number of hydrogen-bond acceptors (Lipinski definition) is 8. The summed E-state index contributed by atoms with van der Waals surface area (Å²) in [5.41, 5.74) is 3.00. The maximum atomic E-state index is 5.79. The monoisotopic (exact) mass is 367 g/mol. The molecule has 26 heavy (non-hydrogen) atoms. The van der Waals surface area contributed by atoms with Crippen LogP contribution in [0.3, 0.4) is 0 Å². The van der Waals surface area contributed by atoms with Crippen molar-refractivity contribution >= 4 is 41.1 Å². The van der Waals surface area contributed by atoms with Crippen LogP contribution < -0.4 is 15.4 Å². The predicted molar refractivity (Wildman–Crippen MR) is 99.9 cm³/mol. The van der Waals surface area contributed by atoms with E-state index in [1.807, 2.05) is 18.3 Å². The molecule has 8 nitrogen and oxygen atoms in total. The van der Waals surface area contributed by atoms with E-state index < -0.39 is 0 Å². The van der Waals surface area contributed by atoms with Crippen LogP contribution in [0, 0.1) is 0 Å². The lowest BCUT2D eigenvalue weighted by Gasteiger charge is -2.13. The van der Waals surface area contributed by atoms with E-state index in [1.54, 1.807) is 13.2 Å². The highest BCUT2D eigenvalue weighted by atomic mass is 35.5. The van der Waals surface area contributed by atoms with Gasteiger partial charge in [0.05, 0.1) is 36.8 Å². The summed E-state index contributed by atoms with van der Waals surface area (Å²) in [6.45, 7) is 0.675. The highest BCUT2D eigenvalue weighted by Gasteiger charge is 2.13. The molecule has 0 atom stereocenters. The Balaban J connectivity index is 1.57. The summed E-state index contributed by atoms with van der Waals surface area (Å²) >= 11 is 5.79. The Morgan fingerprint density at radius 1 is 1.00 bits per heavy atom. The molecule has 0 fully saturated rings. The lowest BCUT2D eigenvalue weighted by molar-refractivity contribution is 0.416. The molecule has 1 aliphatic rings. The van der Waals surface area contributed by atoms with Gasteiger partial charge in [-0.05, 0) is 23.3 Å². The van der Waals surface area contributed by atoms with Gasteiger partial charge < -0.3 is 15.4 Å². The highest BCUT2D eigenvalue weighted by Crippen LogP contribution is 2.32. The number of methoxy groups -OCH3 is 1. The van der Waals surface area contributed by atoms with Gasteiger partial charge in [0.2, 0.25) is 5.95 Å². The summed E-state index contributed by atoms with van der Waals surface area (Å²) in [5, 5.41) is 6.72. The largest absolute Gasteiger partial charge is 0.495 e. The van der Waals surface area contributed by atoms with Crippen LogP contribution in [0.2, 0.25) is 5.02 Å². The van der Waals surface area contributed by atoms with Gasteiger partial charge in [-0.2, -0.15) is 0 Å². The van der Waals surface area contributed by atoms with E-state index in [9.17, 15) is 0 Å². The molecule has 1 aromatic carbocycles. The van der Waals surface area contributed by atoms with Crippen molar-refractivity contribution in [3.05, 3.63) is 53.1 Å². The van der Waals surface area contributed by atoms with Gasteiger partial charge in [0.25, 0.3) is 0 Å². The van der Waals surface area contributed by atoms with Gasteiger partial charge >= 0.3 is 0 Å². The Bertz CT molecular complexity index is 975. The third-order valence-corrected chi connectivity index (χ3v) is 3.94. The Morgan fingerprint density at radius 2 is 1.77 bits per heavy atom. The van der Waals surface area contributed by atoms with Crippen molar-refractivity contribution in [2.45, 2.75) is 6.54 Å². The van der Waals surface area contributed by atoms with Crippen molar-refractivity contribution in [1.29, 1.82) is 0 Å². The third kappa shape index (κ3) is 3.40. The number of nitrogens with zero attached hydrogens (tertiary/aromatic N) is 5. The summed E-state index contributed by atoms with van der Waals surface area (Å²) in [6.07, 6.45) is 6.31. The zero-order valence-electron chi connectivity index (χ0n) is 13.8. The number of aliphatic imine (C=N–C) groups is 1. The minimum Gasteiger partial charge on any atom is -0.495 e. The molecule has 0 bridgehead atoms. The van der Waals surface area contributed by atoms with Gasteiger partial charge in [0.1, 0.15) is 23.7 Å². The fourth-order valence-electron chi connectivity index (χ4n) is 2.53. The molecular formula is C17H14ClN7O. The second-order valence-corrected chi connectivity index (χ2v) is 5.92. The van der Waals surface area contributed by atoms with Crippen LogP contribution in [0.25, 0.3) is 0 Å². The molecule has 0 aliphatic carbocycles. The van der Waals surface area contributed by atoms with E-state index in [-0.39, 0.29) is 0 Å². The first kappa shape index (κ1) is 16.2. The molecule has 9 heteroatoms. The van der Waals surface area contributed by atoms with E-state index in [0.29, 0.717) is 29.2 Å². The number of ether oxygens (including phenoxy) is 1. The number of anilines is 4. The van der Waals surface area contributed by atoms with Crippen LogP contribution in [-0.4, -0.2) is 33.3 Å². The van der Waals surface area contributed by atoms with Crippen molar-refractivity contribution in [3.8, 4) is 5.75 Å². The van der Waals surface area contributed by atoms with Crippen molar-refractivity contribution in [2.24, 2.45) is 4.99 Å². The molecule has 2 aromatic heterocycles. The molecule has 0 spiro atoms. The molecule has 0 unspecified atom stereocenters. The maximum absolute atomic E-state index is 5.79. The zero-order valence-corrected chi connectivity index (χ0v) is 14.5. The Kier molecular flexibility index (Phi) is 4.32. The van der Waals surface area contributed by atoms with Gasteiger partial charge in [-0.1, -0.05) is 11.6 Å². The van der Waals surface area contributed by atoms with Gasteiger partial charge in [-0.15, -0.1) is 0 Å². The standard InChI is InChI=1S/C17H14ClN7O/c1-26-14-3-11-6-19-5-10(11)2-13(14)24-15-4-16(23-9-22-15)25-17-20-7-12(18)8-21-17/h2-5,7-9H,6H2,1H3,(H2,20,21,22,23,24,25). The molecule has 4 rings (SSSR count). The number of hydrogen-bond donors (Lipinski definition) is 2. The lowest BCUT2D eigenvalue weighted by Crippen LogP contribution is -2.02. The molecule has 2 N–H and O–H groups in total. The normalized spacial score (nSPS) is 11.9. The van der Waals surface area contributed by atoms with Crippen LogP contribution in [-0.2, 0) is 6.54 Å². The highest BCUT2D eigenvalue weighted by molar-refractivity contribution is 6.30. The van der Waals surface area contributed by atoms with Crippen LogP contribution in [0.5, 0.6) is 5.75 Å². The number of fused-ring (bicyclic) bond motifs is 1. The van der Waals surface area contributed by atoms with Crippen LogP contribution in [0.15, 0.2) is 41.9 Å².